The molecule has 2 heterocycles. The molecule has 1 atom stereocenters. The Balaban J connectivity index is 1.86. The maximum absolute atomic E-state index is 12.0. The van der Waals surface area contributed by atoms with Gasteiger partial charge in [0.25, 0.3) is 0 Å². The normalized spacial score (nSPS) is 18.4. The zero-order valence-corrected chi connectivity index (χ0v) is 15.1. The first-order valence-corrected chi connectivity index (χ1v) is 8.91. The van der Waals surface area contributed by atoms with Crippen molar-refractivity contribution in [2.45, 2.75) is 40.2 Å². The molecular formula is C20H25NO4. The zero-order chi connectivity index (χ0) is 18.0. The van der Waals surface area contributed by atoms with Crippen molar-refractivity contribution >= 4 is 16.9 Å². The average Bonchev–Trinajstić information content (AvgIpc) is 2.59. The number of carbonyl (C=O) groups excluding carboxylic acids is 1. The van der Waals surface area contributed by atoms with E-state index in [4.69, 9.17) is 9.15 Å². The molecule has 0 N–H and O–H groups in total. The minimum Gasteiger partial charge on any atom is -0.466 e. The van der Waals surface area contributed by atoms with Crippen molar-refractivity contribution in [2.24, 2.45) is 5.92 Å². The van der Waals surface area contributed by atoms with Crippen LogP contribution in [-0.4, -0.2) is 30.6 Å². The zero-order valence-electron chi connectivity index (χ0n) is 15.1. The van der Waals surface area contributed by atoms with Crippen LogP contribution in [-0.2, 0) is 16.1 Å². The Morgan fingerprint density at radius 3 is 2.92 bits per heavy atom. The van der Waals surface area contributed by atoms with Crippen LogP contribution in [0.1, 0.15) is 36.5 Å². The highest BCUT2D eigenvalue weighted by molar-refractivity contribution is 5.83. The van der Waals surface area contributed by atoms with Gasteiger partial charge in [0.05, 0.1) is 12.5 Å². The number of aryl methyl sites for hydroxylation is 2. The lowest BCUT2D eigenvalue weighted by Gasteiger charge is -2.31. The molecular weight excluding hydrogens is 318 g/mol. The third-order valence-electron chi connectivity index (χ3n) is 5.04. The van der Waals surface area contributed by atoms with Crippen LogP contribution < -0.4 is 5.63 Å². The summed E-state index contributed by atoms with van der Waals surface area (Å²) in [5.41, 5.74) is 3.41. The number of rotatable bonds is 4. The Hall–Kier alpha value is -2.14. The summed E-state index contributed by atoms with van der Waals surface area (Å²) in [5.74, 6) is -0.194. The number of piperidine rings is 1. The molecule has 0 amide bonds. The van der Waals surface area contributed by atoms with E-state index in [0.717, 1.165) is 41.5 Å². The van der Waals surface area contributed by atoms with Crippen LogP contribution in [0.2, 0.25) is 0 Å². The predicted molar refractivity (Wildman–Crippen MR) is 96.6 cm³/mol. The smallest absolute Gasteiger partial charge is 0.336 e. The van der Waals surface area contributed by atoms with Gasteiger partial charge in [0.15, 0.2) is 0 Å². The average molecular weight is 343 g/mol. The van der Waals surface area contributed by atoms with Gasteiger partial charge in [0.1, 0.15) is 5.58 Å². The molecule has 0 aliphatic carbocycles. The van der Waals surface area contributed by atoms with Crippen LogP contribution >= 0.6 is 0 Å². The van der Waals surface area contributed by atoms with E-state index in [1.165, 1.54) is 0 Å². The van der Waals surface area contributed by atoms with Gasteiger partial charge in [-0.15, -0.1) is 0 Å². The molecule has 0 unspecified atom stereocenters. The summed E-state index contributed by atoms with van der Waals surface area (Å²) >= 11 is 0. The van der Waals surface area contributed by atoms with Crippen molar-refractivity contribution in [1.29, 1.82) is 0 Å². The summed E-state index contributed by atoms with van der Waals surface area (Å²) in [6, 6.07) is 5.65. The Morgan fingerprint density at radius 1 is 1.36 bits per heavy atom. The molecule has 2 aromatic rings. The topological polar surface area (TPSA) is 59.8 Å². The Labute approximate surface area is 147 Å². The number of fused-ring (bicyclic) bond motifs is 1. The second-order valence-corrected chi connectivity index (χ2v) is 6.80. The molecule has 1 saturated heterocycles. The second kappa shape index (κ2) is 7.40. The number of hydrogen-bond acceptors (Lipinski definition) is 5. The fourth-order valence-corrected chi connectivity index (χ4v) is 3.55. The van der Waals surface area contributed by atoms with Gasteiger partial charge in [-0.25, -0.2) is 4.79 Å². The summed E-state index contributed by atoms with van der Waals surface area (Å²) in [5, 5.41) is 0.973. The predicted octanol–water partition coefficient (Wildman–Crippen LogP) is 3.18. The SMILES string of the molecule is CCOC(=O)[C@H]1CCCN(Cc2cc(=O)oc3c(C)c(C)ccc23)C1. The van der Waals surface area contributed by atoms with Crippen molar-refractivity contribution in [3.05, 3.63) is 45.3 Å². The van der Waals surface area contributed by atoms with Crippen molar-refractivity contribution in [3.63, 3.8) is 0 Å². The van der Waals surface area contributed by atoms with Crippen molar-refractivity contribution < 1.29 is 13.9 Å². The van der Waals surface area contributed by atoms with Gasteiger partial charge in [0.2, 0.25) is 0 Å². The number of carbonyl (C=O) groups is 1. The van der Waals surface area contributed by atoms with Crippen LogP contribution in [0.4, 0.5) is 0 Å². The number of benzene rings is 1. The molecule has 0 saturated carbocycles. The number of esters is 1. The minimum atomic E-state index is -0.324. The van der Waals surface area contributed by atoms with Gasteiger partial charge >= 0.3 is 11.6 Å². The van der Waals surface area contributed by atoms with Crippen LogP contribution in [0.25, 0.3) is 11.0 Å². The molecule has 134 valence electrons. The number of ether oxygens (including phenoxy) is 1. The Bertz CT molecular complexity index is 839. The van der Waals surface area contributed by atoms with E-state index in [1.54, 1.807) is 6.07 Å². The third kappa shape index (κ3) is 3.76. The van der Waals surface area contributed by atoms with Crippen LogP contribution in [0.15, 0.2) is 27.4 Å². The molecule has 1 aliphatic heterocycles. The van der Waals surface area contributed by atoms with Crippen molar-refractivity contribution in [3.8, 4) is 0 Å². The molecule has 1 aromatic carbocycles. The molecule has 0 spiro atoms. The van der Waals surface area contributed by atoms with E-state index in [9.17, 15) is 9.59 Å². The largest absolute Gasteiger partial charge is 0.466 e. The van der Waals surface area contributed by atoms with E-state index in [-0.39, 0.29) is 17.5 Å². The van der Waals surface area contributed by atoms with E-state index >= 15 is 0 Å². The monoisotopic (exact) mass is 343 g/mol. The van der Waals surface area contributed by atoms with Gasteiger partial charge in [-0.2, -0.15) is 0 Å². The van der Waals surface area contributed by atoms with Gasteiger partial charge < -0.3 is 9.15 Å². The molecule has 1 fully saturated rings. The standard InChI is InChI=1S/C20H25NO4/c1-4-24-20(23)15-6-5-9-21(11-15)12-16-10-18(22)25-19-14(3)13(2)7-8-17(16)19/h7-8,10,15H,4-6,9,11-12H2,1-3H3/t15-/m0/s1. The minimum absolute atomic E-state index is 0.0796. The summed E-state index contributed by atoms with van der Waals surface area (Å²) in [6.07, 6.45) is 1.83. The van der Waals surface area contributed by atoms with E-state index in [2.05, 4.69) is 11.0 Å². The van der Waals surface area contributed by atoms with E-state index in [1.807, 2.05) is 26.8 Å². The third-order valence-corrected chi connectivity index (χ3v) is 5.04. The first-order chi connectivity index (χ1) is 12.0. The molecule has 0 bridgehead atoms. The Kier molecular flexibility index (Phi) is 5.23. The van der Waals surface area contributed by atoms with Gasteiger partial charge in [0, 0.05) is 24.5 Å². The lowest BCUT2D eigenvalue weighted by molar-refractivity contribution is -0.150. The molecule has 0 radical (unpaired) electrons. The summed E-state index contributed by atoms with van der Waals surface area (Å²) in [6.45, 7) is 8.46. The van der Waals surface area contributed by atoms with Crippen LogP contribution in [0.3, 0.4) is 0 Å². The maximum Gasteiger partial charge on any atom is 0.336 e. The summed E-state index contributed by atoms with van der Waals surface area (Å²) in [4.78, 5) is 26.3. The fourth-order valence-electron chi connectivity index (χ4n) is 3.55. The maximum atomic E-state index is 12.0. The summed E-state index contributed by atoms with van der Waals surface area (Å²) in [7, 11) is 0. The first kappa shape index (κ1) is 17.7. The first-order valence-electron chi connectivity index (χ1n) is 8.91. The molecule has 25 heavy (non-hydrogen) atoms. The van der Waals surface area contributed by atoms with E-state index < -0.39 is 0 Å². The molecule has 1 aliphatic rings. The van der Waals surface area contributed by atoms with Gasteiger partial charge in [-0.05, 0) is 56.8 Å². The lowest BCUT2D eigenvalue weighted by Crippen LogP contribution is -2.39. The molecule has 5 heteroatoms. The molecule has 1 aromatic heterocycles. The number of likely N-dealkylation sites (tertiary alicyclic amines) is 1. The summed E-state index contributed by atoms with van der Waals surface area (Å²) < 4.78 is 10.6. The van der Waals surface area contributed by atoms with Gasteiger partial charge in [-0.1, -0.05) is 12.1 Å². The highest BCUT2D eigenvalue weighted by Gasteiger charge is 2.27. The molecule has 5 nitrogen and oxygen atoms in total. The highest BCUT2D eigenvalue weighted by Crippen LogP contribution is 2.26. The lowest BCUT2D eigenvalue weighted by atomic mass is 9.97. The van der Waals surface area contributed by atoms with Crippen LogP contribution in [0.5, 0.6) is 0 Å². The van der Waals surface area contributed by atoms with Gasteiger partial charge in [-0.3, -0.25) is 9.69 Å². The van der Waals surface area contributed by atoms with E-state index in [0.29, 0.717) is 25.3 Å². The number of nitrogens with zero attached hydrogens (tertiary/aromatic N) is 1. The van der Waals surface area contributed by atoms with Crippen molar-refractivity contribution in [2.75, 3.05) is 19.7 Å². The van der Waals surface area contributed by atoms with Crippen LogP contribution in [0, 0.1) is 19.8 Å². The fraction of sp³-hybridized carbons (Fsp3) is 0.500. The Morgan fingerprint density at radius 2 is 2.16 bits per heavy atom. The quantitative estimate of drug-likeness (QED) is 0.630. The second-order valence-electron chi connectivity index (χ2n) is 6.80. The molecule has 3 rings (SSSR count). The highest BCUT2D eigenvalue weighted by atomic mass is 16.5. The number of hydrogen-bond donors (Lipinski definition) is 0. The van der Waals surface area contributed by atoms with Crippen molar-refractivity contribution in [1.82, 2.24) is 4.90 Å².